The van der Waals surface area contributed by atoms with Gasteiger partial charge in [-0.15, -0.1) is 11.3 Å². The lowest BCUT2D eigenvalue weighted by Crippen LogP contribution is -2.14. The number of hydrogen-bond acceptors (Lipinski definition) is 3. The summed E-state index contributed by atoms with van der Waals surface area (Å²) in [5.41, 5.74) is 6.49. The highest BCUT2D eigenvalue weighted by molar-refractivity contribution is 9.10. The molecule has 2 nitrogen and oxygen atoms in total. The molecule has 5 heteroatoms. The average molecular weight is 316 g/mol. The third kappa shape index (κ3) is 2.36. The predicted octanol–water partition coefficient (Wildman–Crippen LogP) is 3.71. The SMILES string of the molecule is COc1cccc(F)c1C(N)c1sccc1Br. The van der Waals surface area contributed by atoms with Crippen LogP contribution in [0, 0.1) is 5.82 Å². The molecule has 0 saturated heterocycles. The fourth-order valence-electron chi connectivity index (χ4n) is 1.66. The number of nitrogens with two attached hydrogens (primary N) is 1. The minimum atomic E-state index is -0.527. The van der Waals surface area contributed by atoms with Crippen molar-refractivity contribution in [1.29, 1.82) is 0 Å². The van der Waals surface area contributed by atoms with E-state index in [1.54, 1.807) is 12.1 Å². The summed E-state index contributed by atoms with van der Waals surface area (Å²) in [6, 6.07) is 6.07. The molecule has 2 rings (SSSR count). The Bertz CT molecular complexity index is 529. The van der Waals surface area contributed by atoms with Gasteiger partial charge in [0.25, 0.3) is 0 Å². The zero-order chi connectivity index (χ0) is 12.4. The Morgan fingerprint density at radius 3 is 2.76 bits per heavy atom. The van der Waals surface area contributed by atoms with Gasteiger partial charge in [-0.05, 0) is 39.5 Å². The van der Waals surface area contributed by atoms with Crippen molar-refractivity contribution in [2.75, 3.05) is 7.11 Å². The van der Waals surface area contributed by atoms with Crippen molar-refractivity contribution in [2.45, 2.75) is 6.04 Å². The molecule has 0 aliphatic carbocycles. The van der Waals surface area contributed by atoms with Gasteiger partial charge in [-0.25, -0.2) is 4.39 Å². The third-order valence-corrected chi connectivity index (χ3v) is 4.42. The molecule has 1 aromatic heterocycles. The van der Waals surface area contributed by atoms with Crippen molar-refractivity contribution < 1.29 is 9.13 Å². The zero-order valence-corrected chi connectivity index (χ0v) is 11.5. The van der Waals surface area contributed by atoms with Crippen LogP contribution in [0.15, 0.2) is 34.1 Å². The quantitative estimate of drug-likeness (QED) is 0.937. The van der Waals surface area contributed by atoms with E-state index in [0.717, 1.165) is 9.35 Å². The maximum absolute atomic E-state index is 13.8. The van der Waals surface area contributed by atoms with Crippen molar-refractivity contribution in [3.8, 4) is 5.75 Å². The lowest BCUT2D eigenvalue weighted by atomic mass is 10.0. The van der Waals surface area contributed by atoms with E-state index in [-0.39, 0.29) is 5.82 Å². The van der Waals surface area contributed by atoms with Gasteiger partial charge in [0.2, 0.25) is 0 Å². The van der Waals surface area contributed by atoms with Crippen LogP contribution in [0.2, 0.25) is 0 Å². The topological polar surface area (TPSA) is 35.2 Å². The molecule has 90 valence electrons. The molecule has 1 atom stereocenters. The van der Waals surface area contributed by atoms with Crippen LogP contribution in [-0.4, -0.2) is 7.11 Å². The highest BCUT2D eigenvalue weighted by Crippen LogP contribution is 2.36. The summed E-state index contributed by atoms with van der Waals surface area (Å²) in [6.45, 7) is 0. The van der Waals surface area contributed by atoms with Gasteiger partial charge in [0.1, 0.15) is 11.6 Å². The standard InChI is InChI=1S/C12H11BrFNOS/c1-16-9-4-2-3-8(14)10(9)11(15)12-7(13)5-6-17-12/h2-6,11H,15H2,1H3. The molecule has 0 saturated carbocycles. The minimum Gasteiger partial charge on any atom is -0.496 e. The number of halogens is 2. The van der Waals surface area contributed by atoms with E-state index in [1.165, 1.54) is 24.5 Å². The number of ether oxygens (including phenoxy) is 1. The molecule has 0 radical (unpaired) electrons. The van der Waals surface area contributed by atoms with Crippen LogP contribution in [-0.2, 0) is 0 Å². The molecule has 17 heavy (non-hydrogen) atoms. The van der Waals surface area contributed by atoms with Gasteiger partial charge in [-0.2, -0.15) is 0 Å². The molecule has 1 unspecified atom stereocenters. The zero-order valence-electron chi connectivity index (χ0n) is 9.11. The molecule has 0 amide bonds. The van der Waals surface area contributed by atoms with Gasteiger partial charge in [0, 0.05) is 9.35 Å². The molecule has 0 fully saturated rings. The molecule has 0 spiro atoms. The van der Waals surface area contributed by atoms with Crippen LogP contribution in [0.1, 0.15) is 16.5 Å². The number of rotatable bonds is 3. The Kier molecular flexibility index (Phi) is 3.81. The lowest BCUT2D eigenvalue weighted by molar-refractivity contribution is 0.402. The van der Waals surface area contributed by atoms with Gasteiger partial charge in [0.05, 0.1) is 18.7 Å². The monoisotopic (exact) mass is 315 g/mol. The maximum Gasteiger partial charge on any atom is 0.132 e. The molecular formula is C12H11BrFNOS. The summed E-state index contributed by atoms with van der Waals surface area (Å²) < 4.78 is 19.9. The van der Waals surface area contributed by atoms with Crippen LogP contribution < -0.4 is 10.5 Å². The molecule has 1 heterocycles. The first-order valence-electron chi connectivity index (χ1n) is 4.96. The van der Waals surface area contributed by atoms with Crippen LogP contribution in [0.3, 0.4) is 0 Å². The summed E-state index contributed by atoms with van der Waals surface area (Å²) in [4.78, 5) is 0.883. The second-order valence-electron chi connectivity index (χ2n) is 3.47. The largest absolute Gasteiger partial charge is 0.496 e. The van der Waals surface area contributed by atoms with E-state index < -0.39 is 6.04 Å². The van der Waals surface area contributed by atoms with E-state index >= 15 is 0 Å². The Balaban J connectivity index is 2.50. The van der Waals surface area contributed by atoms with Gasteiger partial charge in [-0.3, -0.25) is 0 Å². The van der Waals surface area contributed by atoms with Crippen LogP contribution >= 0.6 is 27.3 Å². The molecule has 0 aliphatic rings. The van der Waals surface area contributed by atoms with E-state index in [1.807, 2.05) is 11.4 Å². The summed E-state index contributed by atoms with van der Waals surface area (Å²) in [7, 11) is 1.51. The second kappa shape index (κ2) is 5.16. The fraction of sp³-hybridized carbons (Fsp3) is 0.167. The van der Waals surface area contributed by atoms with Crippen molar-refractivity contribution in [1.82, 2.24) is 0 Å². The fourth-order valence-corrected chi connectivity index (χ4v) is 3.29. The first-order valence-corrected chi connectivity index (χ1v) is 6.63. The van der Waals surface area contributed by atoms with E-state index in [2.05, 4.69) is 15.9 Å². The van der Waals surface area contributed by atoms with E-state index in [9.17, 15) is 4.39 Å². The maximum atomic E-state index is 13.8. The van der Waals surface area contributed by atoms with Crippen LogP contribution in [0.4, 0.5) is 4.39 Å². The average Bonchev–Trinajstić information content (AvgIpc) is 2.74. The Morgan fingerprint density at radius 1 is 1.41 bits per heavy atom. The highest BCUT2D eigenvalue weighted by atomic mass is 79.9. The Morgan fingerprint density at radius 2 is 2.18 bits per heavy atom. The van der Waals surface area contributed by atoms with Crippen molar-refractivity contribution in [3.05, 3.63) is 50.4 Å². The summed E-state index contributed by atoms with van der Waals surface area (Å²) in [5.74, 6) is 0.120. The smallest absolute Gasteiger partial charge is 0.132 e. The van der Waals surface area contributed by atoms with Gasteiger partial charge in [0.15, 0.2) is 0 Å². The first-order chi connectivity index (χ1) is 8.15. The first kappa shape index (κ1) is 12.5. The van der Waals surface area contributed by atoms with E-state index in [4.69, 9.17) is 10.5 Å². The summed E-state index contributed by atoms with van der Waals surface area (Å²) >= 11 is 4.89. The Hall–Kier alpha value is -0.910. The molecule has 1 aromatic carbocycles. The van der Waals surface area contributed by atoms with Crippen LogP contribution in [0.5, 0.6) is 5.75 Å². The highest BCUT2D eigenvalue weighted by Gasteiger charge is 2.21. The van der Waals surface area contributed by atoms with Crippen molar-refractivity contribution in [3.63, 3.8) is 0 Å². The van der Waals surface area contributed by atoms with Crippen LogP contribution in [0.25, 0.3) is 0 Å². The summed E-state index contributed by atoms with van der Waals surface area (Å²) in [6.07, 6.45) is 0. The van der Waals surface area contributed by atoms with Crippen molar-refractivity contribution >= 4 is 27.3 Å². The molecule has 0 bridgehead atoms. The molecule has 0 aliphatic heterocycles. The number of hydrogen-bond donors (Lipinski definition) is 1. The number of thiophene rings is 1. The molecule has 2 N–H and O–H groups in total. The third-order valence-electron chi connectivity index (χ3n) is 2.47. The number of benzene rings is 1. The van der Waals surface area contributed by atoms with E-state index in [0.29, 0.717) is 11.3 Å². The van der Waals surface area contributed by atoms with Gasteiger partial charge in [-0.1, -0.05) is 6.07 Å². The Labute approximate surface area is 111 Å². The van der Waals surface area contributed by atoms with Gasteiger partial charge < -0.3 is 10.5 Å². The predicted molar refractivity (Wildman–Crippen MR) is 71.0 cm³/mol. The minimum absolute atomic E-state index is 0.350. The second-order valence-corrected chi connectivity index (χ2v) is 5.27. The lowest BCUT2D eigenvalue weighted by Gasteiger charge is -2.15. The molecule has 2 aromatic rings. The van der Waals surface area contributed by atoms with Gasteiger partial charge >= 0.3 is 0 Å². The normalized spacial score (nSPS) is 12.5. The summed E-state index contributed by atoms with van der Waals surface area (Å²) in [5, 5.41) is 1.91. The number of methoxy groups -OCH3 is 1. The van der Waals surface area contributed by atoms with Crippen molar-refractivity contribution in [2.24, 2.45) is 5.73 Å². The molecular weight excluding hydrogens is 305 g/mol.